The third-order valence-electron chi connectivity index (χ3n) is 1.86. The van der Waals surface area contributed by atoms with Gasteiger partial charge in [0, 0.05) is 24.9 Å². The Bertz CT molecular complexity index is 308. The molecular weight excluding hydrogens is 196 g/mol. The average Bonchev–Trinajstić information content (AvgIpc) is 2.48. The third kappa shape index (κ3) is 3.85. The molecule has 3 N–H and O–H groups in total. The fourth-order valence-corrected chi connectivity index (χ4v) is 1.75. The van der Waals surface area contributed by atoms with Crippen molar-refractivity contribution in [2.75, 3.05) is 13.6 Å². The van der Waals surface area contributed by atoms with Crippen LogP contribution in [0.4, 0.5) is 0 Å². The lowest BCUT2D eigenvalue weighted by Gasteiger charge is -2.14. The van der Waals surface area contributed by atoms with E-state index in [1.165, 1.54) is 0 Å². The molecule has 0 aliphatic rings. The van der Waals surface area contributed by atoms with Crippen molar-refractivity contribution in [1.29, 1.82) is 5.41 Å². The highest BCUT2D eigenvalue weighted by atomic mass is 32.1. The smallest absolute Gasteiger partial charge is 0.0918 e. The number of aryl methyl sites for hydroxylation is 1. The predicted octanol–water partition coefficient (Wildman–Crippen LogP) is 1.21. The quantitative estimate of drug-likeness (QED) is 0.569. The van der Waals surface area contributed by atoms with E-state index in [0.717, 1.165) is 23.8 Å². The van der Waals surface area contributed by atoms with Crippen LogP contribution in [0.25, 0.3) is 0 Å². The standard InChI is InChI=1S/C9H16N4S/c1-7-12-8(6-14-7)5-13(2)4-3-9(10)11/h6H,3-5H2,1-2H3,(H3,10,11). The first kappa shape index (κ1) is 11.1. The molecule has 0 radical (unpaired) electrons. The van der Waals surface area contributed by atoms with E-state index in [-0.39, 0.29) is 5.84 Å². The first-order valence-corrected chi connectivity index (χ1v) is 5.38. The number of nitrogens with one attached hydrogen (secondary N) is 1. The largest absolute Gasteiger partial charge is 0.388 e. The molecule has 1 heterocycles. The van der Waals surface area contributed by atoms with Crippen molar-refractivity contribution in [3.63, 3.8) is 0 Å². The molecule has 1 rings (SSSR count). The minimum absolute atomic E-state index is 0.242. The van der Waals surface area contributed by atoms with E-state index < -0.39 is 0 Å². The van der Waals surface area contributed by atoms with Gasteiger partial charge in [-0.3, -0.25) is 5.41 Å². The van der Waals surface area contributed by atoms with Crippen molar-refractivity contribution in [1.82, 2.24) is 9.88 Å². The number of amidine groups is 1. The maximum Gasteiger partial charge on any atom is 0.0918 e. The van der Waals surface area contributed by atoms with Gasteiger partial charge in [-0.15, -0.1) is 11.3 Å². The molecule has 0 bridgehead atoms. The van der Waals surface area contributed by atoms with Gasteiger partial charge in [0.05, 0.1) is 16.5 Å². The van der Waals surface area contributed by atoms with Crippen LogP contribution in [0, 0.1) is 12.3 Å². The molecule has 0 unspecified atom stereocenters. The number of hydrogen-bond acceptors (Lipinski definition) is 4. The summed E-state index contributed by atoms with van der Waals surface area (Å²) in [6.07, 6.45) is 0.625. The van der Waals surface area contributed by atoms with Crippen LogP contribution >= 0.6 is 11.3 Å². The minimum atomic E-state index is 0.242. The molecule has 4 nitrogen and oxygen atoms in total. The van der Waals surface area contributed by atoms with Crippen LogP contribution in [0.3, 0.4) is 0 Å². The van der Waals surface area contributed by atoms with Crippen molar-refractivity contribution < 1.29 is 0 Å². The summed E-state index contributed by atoms with van der Waals surface area (Å²) < 4.78 is 0. The molecule has 5 heteroatoms. The van der Waals surface area contributed by atoms with Gasteiger partial charge >= 0.3 is 0 Å². The summed E-state index contributed by atoms with van der Waals surface area (Å²) in [5, 5.41) is 10.3. The van der Waals surface area contributed by atoms with Crippen molar-refractivity contribution in [3.8, 4) is 0 Å². The Kier molecular flexibility index (Phi) is 4.03. The van der Waals surface area contributed by atoms with Gasteiger partial charge in [0.2, 0.25) is 0 Å². The molecule has 0 aromatic carbocycles. The van der Waals surface area contributed by atoms with Crippen LogP contribution in [0.1, 0.15) is 17.1 Å². The lowest BCUT2D eigenvalue weighted by atomic mass is 10.3. The molecule has 0 aliphatic heterocycles. The lowest BCUT2D eigenvalue weighted by Crippen LogP contribution is -2.24. The molecule has 78 valence electrons. The Morgan fingerprint density at radius 3 is 2.93 bits per heavy atom. The second kappa shape index (κ2) is 5.07. The molecule has 0 atom stereocenters. The minimum Gasteiger partial charge on any atom is -0.388 e. The van der Waals surface area contributed by atoms with Gasteiger partial charge < -0.3 is 10.6 Å². The molecule has 0 fully saturated rings. The first-order chi connectivity index (χ1) is 6.58. The van der Waals surface area contributed by atoms with Crippen LogP contribution in [0.2, 0.25) is 0 Å². The third-order valence-corrected chi connectivity index (χ3v) is 2.68. The second-order valence-electron chi connectivity index (χ2n) is 3.37. The lowest BCUT2D eigenvalue weighted by molar-refractivity contribution is 0.333. The Balaban J connectivity index is 2.33. The number of nitrogens with two attached hydrogens (primary N) is 1. The van der Waals surface area contributed by atoms with E-state index in [1.54, 1.807) is 11.3 Å². The van der Waals surface area contributed by atoms with Gasteiger partial charge in [-0.05, 0) is 14.0 Å². The monoisotopic (exact) mass is 212 g/mol. The van der Waals surface area contributed by atoms with Crippen molar-refractivity contribution in [2.45, 2.75) is 19.9 Å². The number of rotatable bonds is 5. The molecule has 0 aliphatic carbocycles. The summed E-state index contributed by atoms with van der Waals surface area (Å²) in [7, 11) is 2.01. The average molecular weight is 212 g/mol. The predicted molar refractivity (Wildman–Crippen MR) is 59.7 cm³/mol. The Labute approximate surface area is 88.3 Å². The fourth-order valence-electron chi connectivity index (χ4n) is 1.15. The molecule has 1 aromatic heterocycles. The second-order valence-corrected chi connectivity index (χ2v) is 4.43. The number of hydrogen-bond donors (Lipinski definition) is 2. The Morgan fingerprint density at radius 2 is 2.43 bits per heavy atom. The normalized spacial score (nSPS) is 10.8. The highest BCUT2D eigenvalue weighted by Crippen LogP contribution is 2.09. The zero-order valence-electron chi connectivity index (χ0n) is 8.58. The van der Waals surface area contributed by atoms with Crippen LogP contribution in [-0.2, 0) is 6.54 Å². The number of thiazole rings is 1. The molecular formula is C9H16N4S. The Hall–Kier alpha value is -0.940. The summed E-state index contributed by atoms with van der Waals surface area (Å²) in [5.74, 6) is 0.242. The molecule has 1 aromatic rings. The first-order valence-electron chi connectivity index (χ1n) is 4.50. The summed E-state index contributed by atoms with van der Waals surface area (Å²) in [6.45, 7) is 3.65. The van der Waals surface area contributed by atoms with Crippen LogP contribution in [0.15, 0.2) is 5.38 Å². The molecule has 0 spiro atoms. The summed E-state index contributed by atoms with van der Waals surface area (Å²) >= 11 is 1.67. The van der Waals surface area contributed by atoms with Crippen LogP contribution in [-0.4, -0.2) is 29.3 Å². The maximum absolute atomic E-state index is 7.11. The zero-order valence-corrected chi connectivity index (χ0v) is 9.40. The SMILES string of the molecule is Cc1nc(CN(C)CCC(=N)N)cs1. The van der Waals surface area contributed by atoms with E-state index in [4.69, 9.17) is 11.1 Å². The topological polar surface area (TPSA) is 66.0 Å². The fraction of sp³-hybridized carbons (Fsp3) is 0.556. The van der Waals surface area contributed by atoms with Crippen molar-refractivity contribution in [3.05, 3.63) is 16.1 Å². The van der Waals surface area contributed by atoms with Crippen molar-refractivity contribution in [2.24, 2.45) is 5.73 Å². The Morgan fingerprint density at radius 1 is 1.71 bits per heavy atom. The van der Waals surface area contributed by atoms with E-state index >= 15 is 0 Å². The summed E-state index contributed by atoms with van der Waals surface area (Å²) in [5.41, 5.74) is 6.38. The molecule has 0 amide bonds. The van der Waals surface area contributed by atoms with E-state index in [2.05, 4.69) is 15.3 Å². The molecule has 14 heavy (non-hydrogen) atoms. The number of nitrogens with zero attached hydrogens (tertiary/aromatic N) is 2. The maximum atomic E-state index is 7.11. The van der Waals surface area contributed by atoms with Gasteiger partial charge in [-0.1, -0.05) is 0 Å². The molecule has 0 saturated heterocycles. The van der Waals surface area contributed by atoms with E-state index in [0.29, 0.717) is 6.42 Å². The highest BCUT2D eigenvalue weighted by molar-refractivity contribution is 7.09. The van der Waals surface area contributed by atoms with Gasteiger partial charge in [-0.25, -0.2) is 4.98 Å². The summed E-state index contributed by atoms with van der Waals surface area (Å²) in [4.78, 5) is 6.49. The van der Waals surface area contributed by atoms with E-state index in [1.807, 2.05) is 14.0 Å². The van der Waals surface area contributed by atoms with Crippen LogP contribution in [0.5, 0.6) is 0 Å². The highest BCUT2D eigenvalue weighted by Gasteiger charge is 2.03. The van der Waals surface area contributed by atoms with Crippen LogP contribution < -0.4 is 5.73 Å². The summed E-state index contributed by atoms with van der Waals surface area (Å²) in [6, 6.07) is 0. The number of aromatic nitrogens is 1. The van der Waals surface area contributed by atoms with Crippen molar-refractivity contribution >= 4 is 17.2 Å². The zero-order chi connectivity index (χ0) is 10.6. The van der Waals surface area contributed by atoms with Gasteiger partial charge in [0.25, 0.3) is 0 Å². The van der Waals surface area contributed by atoms with E-state index in [9.17, 15) is 0 Å². The molecule has 0 saturated carbocycles. The van der Waals surface area contributed by atoms with Gasteiger partial charge in [0.1, 0.15) is 0 Å². The van der Waals surface area contributed by atoms with Gasteiger partial charge in [0.15, 0.2) is 0 Å². The van der Waals surface area contributed by atoms with Gasteiger partial charge in [-0.2, -0.15) is 0 Å².